The highest BCUT2D eigenvalue weighted by atomic mass is 16.5. The third-order valence-electron chi connectivity index (χ3n) is 8.45. The molecule has 0 saturated heterocycles. The molecule has 1 N–H and O–H groups in total. The minimum atomic E-state index is -0.326. The zero-order valence-electron chi connectivity index (χ0n) is 28.5. The van der Waals surface area contributed by atoms with Crippen LogP contribution in [-0.4, -0.2) is 55.8 Å². The van der Waals surface area contributed by atoms with Crippen LogP contribution >= 0.6 is 0 Å². The van der Waals surface area contributed by atoms with Gasteiger partial charge in [-0.1, -0.05) is 84.6 Å². The van der Waals surface area contributed by atoms with Crippen LogP contribution in [0.15, 0.2) is 47.7 Å². The fourth-order valence-electron chi connectivity index (χ4n) is 5.38. The summed E-state index contributed by atoms with van der Waals surface area (Å²) in [5, 5.41) is 2.95. The Bertz CT molecular complexity index is 948. The van der Waals surface area contributed by atoms with Crippen molar-refractivity contribution in [1.82, 2.24) is 0 Å². The summed E-state index contributed by atoms with van der Waals surface area (Å²) in [7, 11) is 0. The number of quaternary nitrogens is 1. The lowest BCUT2D eigenvalue weighted by molar-refractivity contribution is -0.925. The molecule has 0 spiro atoms. The fourth-order valence-corrected chi connectivity index (χ4v) is 5.38. The summed E-state index contributed by atoms with van der Waals surface area (Å²) in [6.45, 7) is 17.9. The number of anilines is 1. The minimum Gasteiger partial charge on any atom is -0.493 e. The predicted molar refractivity (Wildman–Crippen MR) is 181 cm³/mol. The van der Waals surface area contributed by atoms with Gasteiger partial charge in [0.1, 0.15) is 18.9 Å². The lowest BCUT2D eigenvalue weighted by atomic mass is 10.1. The maximum absolute atomic E-state index is 13.1. The summed E-state index contributed by atoms with van der Waals surface area (Å²) in [6.07, 6.45) is 19.4. The maximum atomic E-state index is 13.1. The van der Waals surface area contributed by atoms with Gasteiger partial charge in [0.15, 0.2) is 0 Å². The lowest BCUT2D eigenvalue weighted by Crippen LogP contribution is -2.50. The number of allylic oxidation sites excluding steroid dienone is 2. The van der Waals surface area contributed by atoms with Gasteiger partial charge in [0, 0.05) is 5.69 Å². The average Bonchev–Trinajstić information content (AvgIpc) is 3.02. The zero-order valence-corrected chi connectivity index (χ0v) is 28.5. The van der Waals surface area contributed by atoms with E-state index in [-0.39, 0.29) is 11.9 Å². The van der Waals surface area contributed by atoms with Gasteiger partial charge in [-0.05, 0) is 76.8 Å². The van der Waals surface area contributed by atoms with Crippen LogP contribution in [0.4, 0.5) is 5.69 Å². The van der Waals surface area contributed by atoms with Crippen molar-refractivity contribution >= 4 is 17.6 Å². The first-order chi connectivity index (χ1) is 20.9. The fraction of sp³-hybridized carbons (Fsp3) is 0.676. The summed E-state index contributed by atoms with van der Waals surface area (Å²) in [5.41, 5.74) is 1.63. The molecule has 0 aliphatic heterocycles. The molecule has 0 fully saturated rings. The Kier molecular flexibility index (Phi) is 21.3. The van der Waals surface area contributed by atoms with Gasteiger partial charge >= 0.3 is 5.97 Å². The van der Waals surface area contributed by atoms with Crippen molar-refractivity contribution in [3.8, 4) is 0 Å². The standard InChI is InChI=1S/C37H62N2O4/c1-7-13-15-17-19-21-28-39(11-5,12-6)29-31-43-37(41)32-24-26-33(27-25-32)38-36(40)34(10-4)35(23-9-3)42-30-22-20-18-16-14-8-2/h10,23-27H,7-9,11-22,28-31H2,1-6H3/p+1/b34-10+,35-23+. The number of nitrogens with zero attached hydrogens (tertiary/aromatic N) is 1. The number of likely N-dealkylation sites (N-methyl/N-ethyl adjacent to an activating group) is 1. The molecule has 0 aliphatic carbocycles. The highest BCUT2D eigenvalue weighted by Gasteiger charge is 2.23. The van der Waals surface area contributed by atoms with Gasteiger partial charge in [-0.2, -0.15) is 0 Å². The molecule has 0 heterocycles. The minimum absolute atomic E-state index is 0.223. The molecular formula is C37H63N2O4+. The number of esters is 1. The van der Waals surface area contributed by atoms with Crippen LogP contribution in [-0.2, 0) is 14.3 Å². The van der Waals surface area contributed by atoms with E-state index in [1.54, 1.807) is 30.3 Å². The first kappa shape index (κ1) is 38.4. The Labute approximate surface area is 263 Å². The van der Waals surface area contributed by atoms with Crippen molar-refractivity contribution in [2.24, 2.45) is 0 Å². The molecule has 0 unspecified atom stereocenters. The molecule has 1 aromatic rings. The molecule has 1 rings (SSSR count). The van der Waals surface area contributed by atoms with Crippen LogP contribution in [0.25, 0.3) is 0 Å². The van der Waals surface area contributed by atoms with Gasteiger partial charge in [0.25, 0.3) is 5.91 Å². The van der Waals surface area contributed by atoms with E-state index in [1.165, 1.54) is 64.2 Å². The van der Waals surface area contributed by atoms with Crippen molar-refractivity contribution < 1.29 is 23.5 Å². The van der Waals surface area contributed by atoms with Crippen LogP contribution in [0.5, 0.6) is 0 Å². The van der Waals surface area contributed by atoms with Gasteiger partial charge in [-0.3, -0.25) is 4.79 Å². The van der Waals surface area contributed by atoms with Crippen LogP contribution < -0.4 is 5.32 Å². The van der Waals surface area contributed by atoms with Gasteiger partial charge in [0.05, 0.1) is 37.4 Å². The monoisotopic (exact) mass is 599 g/mol. The maximum Gasteiger partial charge on any atom is 0.338 e. The van der Waals surface area contributed by atoms with Gasteiger partial charge in [-0.15, -0.1) is 0 Å². The quantitative estimate of drug-likeness (QED) is 0.0303. The second kappa shape index (κ2) is 23.8. The summed E-state index contributed by atoms with van der Waals surface area (Å²) in [4.78, 5) is 25.9. The second-order valence-corrected chi connectivity index (χ2v) is 11.7. The molecule has 0 radical (unpaired) electrons. The number of carbonyl (C=O) groups is 2. The van der Waals surface area contributed by atoms with Crippen molar-refractivity contribution in [3.05, 3.63) is 53.3 Å². The summed E-state index contributed by atoms with van der Waals surface area (Å²) < 4.78 is 12.7. The smallest absolute Gasteiger partial charge is 0.338 e. The molecule has 6 heteroatoms. The number of unbranched alkanes of at least 4 members (excludes halogenated alkanes) is 10. The number of ether oxygens (including phenoxy) is 2. The number of carbonyl (C=O) groups excluding carboxylic acids is 2. The van der Waals surface area contributed by atoms with Crippen LogP contribution in [0.2, 0.25) is 0 Å². The van der Waals surface area contributed by atoms with Gasteiger partial charge in [-0.25, -0.2) is 4.79 Å². The van der Waals surface area contributed by atoms with Crippen LogP contribution in [0.3, 0.4) is 0 Å². The molecule has 0 aromatic heterocycles. The number of hydrogen-bond acceptors (Lipinski definition) is 4. The number of rotatable bonds is 25. The summed E-state index contributed by atoms with van der Waals surface area (Å²) in [5.74, 6) is 0.0774. The molecule has 0 aliphatic rings. The number of amides is 1. The topological polar surface area (TPSA) is 64.6 Å². The molecule has 1 aromatic carbocycles. The Balaban J connectivity index is 2.61. The predicted octanol–water partition coefficient (Wildman–Crippen LogP) is 9.62. The van der Waals surface area contributed by atoms with Gasteiger partial charge in [0.2, 0.25) is 0 Å². The normalized spacial score (nSPS) is 12.3. The molecule has 0 bridgehead atoms. The highest BCUT2D eigenvalue weighted by molar-refractivity contribution is 6.06. The average molecular weight is 600 g/mol. The highest BCUT2D eigenvalue weighted by Crippen LogP contribution is 2.19. The van der Waals surface area contributed by atoms with Crippen molar-refractivity contribution in [3.63, 3.8) is 0 Å². The van der Waals surface area contributed by atoms with E-state index in [9.17, 15) is 9.59 Å². The molecule has 0 saturated carbocycles. The summed E-state index contributed by atoms with van der Waals surface area (Å²) >= 11 is 0. The van der Waals surface area contributed by atoms with E-state index in [2.05, 4.69) is 33.0 Å². The number of nitrogens with one attached hydrogen (secondary N) is 1. The van der Waals surface area contributed by atoms with Crippen molar-refractivity contribution in [2.75, 3.05) is 44.7 Å². The summed E-state index contributed by atoms with van der Waals surface area (Å²) in [6, 6.07) is 6.92. The molecule has 244 valence electrons. The van der Waals surface area contributed by atoms with Gasteiger partial charge < -0.3 is 19.3 Å². The first-order valence-corrected chi connectivity index (χ1v) is 17.3. The molecule has 6 nitrogen and oxygen atoms in total. The number of hydrogen-bond donors (Lipinski definition) is 1. The Morgan fingerprint density at radius 2 is 1.30 bits per heavy atom. The lowest BCUT2D eigenvalue weighted by Gasteiger charge is -2.36. The van der Waals surface area contributed by atoms with E-state index in [4.69, 9.17) is 9.47 Å². The third-order valence-corrected chi connectivity index (χ3v) is 8.45. The molecule has 1 amide bonds. The Hall–Kier alpha value is -2.60. The van der Waals surface area contributed by atoms with E-state index >= 15 is 0 Å². The largest absolute Gasteiger partial charge is 0.493 e. The third kappa shape index (κ3) is 15.6. The van der Waals surface area contributed by atoms with E-state index in [1.807, 2.05) is 19.9 Å². The SMILES string of the molecule is C/C=C(C(=O)Nc1ccc(C(=O)OCC[N+](CC)(CC)CCCCCCCC)cc1)\C(=C/CC)OCCCCCCCC. The second-order valence-electron chi connectivity index (χ2n) is 11.7. The molecular weight excluding hydrogens is 536 g/mol. The van der Waals surface area contributed by atoms with Crippen molar-refractivity contribution in [2.45, 2.75) is 125 Å². The Morgan fingerprint density at radius 3 is 1.86 bits per heavy atom. The van der Waals surface area contributed by atoms with E-state index in [0.717, 1.165) is 49.9 Å². The van der Waals surface area contributed by atoms with Crippen LogP contribution in [0.1, 0.15) is 135 Å². The molecule has 43 heavy (non-hydrogen) atoms. The van der Waals surface area contributed by atoms with E-state index in [0.29, 0.717) is 35.8 Å². The zero-order chi connectivity index (χ0) is 31.8. The molecule has 0 atom stereocenters. The Morgan fingerprint density at radius 1 is 0.721 bits per heavy atom. The van der Waals surface area contributed by atoms with E-state index < -0.39 is 0 Å². The van der Waals surface area contributed by atoms with Crippen LogP contribution in [0, 0.1) is 0 Å². The number of benzene rings is 1. The first-order valence-electron chi connectivity index (χ1n) is 17.3. The van der Waals surface area contributed by atoms with Crippen molar-refractivity contribution in [1.29, 1.82) is 0 Å².